The number of anilines is 1. The van der Waals surface area contributed by atoms with Crippen LogP contribution < -0.4 is 4.72 Å². The second kappa shape index (κ2) is 10.0. The van der Waals surface area contributed by atoms with Crippen LogP contribution in [0.4, 0.5) is 5.69 Å². The molecule has 3 aromatic rings. The van der Waals surface area contributed by atoms with Crippen molar-refractivity contribution >= 4 is 39.1 Å². The summed E-state index contributed by atoms with van der Waals surface area (Å²) >= 11 is 6.05. The zero-order chi connectivity index (χ0) is 28.1. The number of amides is 2. The van der Waals surface area contributed by atoms with Crippen molar-refractivity contribution in [2.24, 2.45) is 0 Å². The molecule has 10 nitrogen and oxygen atoms in total. The molecule has 0 spiro atoms. The molecule has 2 aliphatic rings. The second-order valence-electron chi connectivity index (χ2n) is 9.96. The average molecular weight is 567 g/mol. The van der Waals surface area contributed by atoms with E-state index in [4.69, 9.17) is 16.7 Å². The molecular formula is C27H27ClN6O4S. The summed E-state index contributed by atoms with van der Waals surface area (Å²) in [5, 5.41) is 14.3. The van der Waals surface area contributed by atoms with Gasteiger partial charge in [-0.1, -0.05) is 23.7 Å². The van der Waals surface area contributed by atoms with Crippen molar-refractivity contribution in [2.75, 3.05) is 17.5 Å². The first-order valence-electron chi connectivity index (χ1n) is 12.4. The number of halogens is 1. The lowest BCUT2D eigenvalue weighted by molar-refractivity contribution is 0.0605. The molecule has 1 N–H and O–H groups in total. The second-order valence-corrected chi connectivity index (χ2v) is 12.1. The average Bonchev–Trinajstić information content (AvgIpc) is 3.25. The van der Waals surface area contributed by atoms with E-state index in [1.165, 1.54) is 6.07 Å². The van der Waals surface area contributed by atoms with Crippen LogP contribution in [0.15, 0.2) is 42.5 Å². The standard InChI is InChI=1S/C27H27ClN6O4S/c1-16-11-24-22(15-33(16)26(35)19-7-8-23(28)20(12-19)14-29)25-27(36)32(9-10-34(25)30-24)17(2)18-5-4-6-21(13-18)31-39(3,37)38/h4-8,12-13,16-17,31H,9-11,15H2,1-3H3/t16-,17+/m1/s1. The summed E-state index contributed by atoms with van der Waals surface area (Å²) in [5.74, 6) is -0.436. The van der Waals surface area contributed by atoms with Gasteiger partial charge in [0.25, 0.3) is 11.8 Å². The molecule has 0 saturated carbocycles. The molecule has 2 amide bonds. The predicted octanol–water partition coefficient (Wildman–Crippen LogP) is 3.58. The number of aromatic nitrogens is 2. The molecule has 0 saturated heterocycles. The van der Waals surface area contributed by atoms with Gasteiger partial charge in [-0.25, -0.2) is 8.42 Å². The highest BCUT2D eigenvalue weighted by Crippen LogP contribution is 2.33. The normalized spacial score (nSPS) is 17.7. The maximum absolute atomic E-state index is 13.8. The third kappa shape index (κ3) is 5.10. The largest absolute Gasteiger partial charge is 0.331 e. The fourth-order valence-electron chi connectivity index (χ4n) is 5.24. The Morgan fingerprint density at radius 1 is 1.23 bits per heavy atom. The molecule has 2 aliphatic heterocycles. The van der Waals surface area contributed by atoms with E-state index in [1.54, 1.807) is 44.8 Å². The minimum Gasteiger partial charge on any atom is -0.331 e. The third-order valence-electron chi connectivity index (χ3n) is 7.23. The highest BCUT2D eigenvalue weighted by atomic mass is 35.5. The van der Waals surface area contributed by atoms with E-state index in [-0.39, 0.29) is 41.0 Å². The number of hydrogen-bond acceptors (Lipinski definition) is 6. The summed E-state index contributed by atoms with van der Waals surface area (Å²) in [5.41, 5.74) is 3.80. The topological polar surface area (TPSA) is 128 Å². The Bertz CT molecular complexity index is 1640. The van der Waals surface area contributed by atoms with E-state index < -0.39 is 10.0 Å². The lowest BCUT2D eigenvalue weighted by Gasteiger charge is -2.35. The number of fused-ring (bicyclic) bond motifs is 3. The lowest BCUT2D eigenvalue weighted by atomic mass is 9.97. The Labute approximate surface area is 231 Å². The number of nitriles is 1. The first-order chi connectivity index (χ1) is 18.5. The summed E-state index contributed by atoms with van der Waals surface area (Å²) in [7, 11) is -3.44. The predicted molar refractivity (Wildman–Crippen MR) is 146 cm³/mol. The van der Waals surface area contributed by atoms with Gasteiger partial charge in [-0.05, 0) is 49.7 Å². The number of nitrogens with zero attached hydrogens (tertiary/aromatic N) is 5. The van der Waals surface area contributed by atoms with E-state index in [9.17, 15) is 23.3 Å². The molecular weight excluding hydrogens is 540 g/mol. The molecule has 0 unspecified atom stereocenters. The van der Waals surface area contributed by atoms with Crippen LogP contribution in [0.25, 0.3) is 0 Å². The zero-order valence-electron chi connectivity index (χ0n) is 21.7. The van der Waals surface area contributed by atoms with Gasteiger partial charge >= 0.3 is 0 Å². The number of hydrogen-bond donors (Lipinski definition) is 1. The van der Waals surface area contributed by atoms with Crippen LogP contribution in [0.3, 0.4) is 0 Å². The van der Waals surface area contributed by atoms with Crippen LogP contribution in [0.1, 0.15) is 63.1 Å². The van der Waals surface area contributed by atoms with Gasteiger partial charge in [-0.15, -0.1) is 0 Å². The van der Waals surface area contributed by atoms with Gasteiger partial charge in [-0.3, -0.25) is 19.0 Å². The van der Waals surface area contributed by atoms with Crippen LogP contribution in [0.2, 0.25) is 5.02 Å². The Hall–Kier alpha value is -3.88. The van der Waals surface area contributed by atoms with Crippen LogP contribution in [-0.2, 0) is 29.5 Å². The highest BCUT2D eigenvalue weighted by molar-refractivity contribution is 7.92. The minimum absolute atomic E-state index is 0.154. The fraction of sp³-hybridized carbons (Fsp3) is 0.333. The third-order valence-corrected chi connectivity index (χ3v) is 8.17. The first-order valence-corrected chi connectivity index (χ1v) is 14.7. The zero-order valence-corrected chi connectivity index (χ0v) is 23.3. The van der Waals surface area contributed by atoms with Gasteiger partial charge in [0.2, 0.25) is 10.0 Å². The number of rotatable bonds is 5. The number of sulfonamides is 1. The SMILES string of the molecule is C[C@@H]1Cc2nn3c(c2CN1C(=O)c1ccc(Cl)c(C#N)c1)C(=O)N([C@@H](C)c1cccc(NS(C)(=O)=O)c1)CC3. The fourth-order valence-corrected chi connectivity index (χ4v) is 5.96. The van der Waals surface area contributed by atoms with Gasteiger partial charge < -0.3 is 9.80 Å². The molecule has 1 aromatic heterocycles. The van der Waals surface area contributed by atoms with Crippen LogP contribution in [-0.4, -0.2) is 58.7 Å². The van der Waals surface area contributed by atoms with Gasteiger partial charge in [0.05, 0.1) is 41.7 Å². The number of benzene rings is 2. The molecule has 39 heavy (non-hydrogen) atoms. The van der Waals surface area contributed by atoms with Crippen molar-refractivity contribution in [2.45, 2.75) is 45.4 Å². The van der Waals surface area contributed by atoms with Crippen molar-refractivity contribution < 1.29 is 18.0 Å². The smallest absolute Gasteiger partial charge is 0.273 e. The molecule has 5 rings (SSSR count). The van der Waals surface area contributed by atoms with Crippen LogP contribution >= 0.6 is 11.6 Å². The van der Waals surface area contributed by atoms with Crippen molar-refractivity contribution in [3.05, 3.63) is 81.1 Å². The van der Waals surface area contributed by atoms with Gasteiger partial charge in [0.1, 0.15) is 11.8 Å². The first kappa shape index (κ1) is 26.7. The number of carbonyl (C=O) groups is 2. The van der Waals surface area contributed by atoms with Crippen LogP contribution in [0, 0.1) is 11.3 Å². The quantitative estimate of drug-likeness (QED) is 0.502. The van der Waals surface area contributed by atoms with Crippen molar-refractivity contribution in [1.29, 1.82) is 5.26 Å². The van der Waals surface area contributed by atoms with Gasteiger partial charge in [0.15, 0.2) is 0 Å². The number of nitrogens with one attached hydrogen (secondary N) is 1. The lowest BCUT2D eigenvalue weighted by Crippen LogP contribution is -2.44. The van der Waals surface area contributed by atoms with E-state index in [0.717, 1.165) is 23.1 Å². The van der Waals surface area contributed by atoms with Gasteiger partial charge in [0, 0.05) is 35.8 Å². The maximum atomic E-state index is 13.8. The summed E-state index contributed by atoms with van der Waals surface area (Å²) < 4.78 is 27.6. The minimum atomic E-state index is -3.44. The highest BCUT2D eigenvalue weighted by Gasteiger charge is 2.38. The van der Waals surface area contributed by atoms with Crippen molar-refractivity contribution in [3.63, 3.8) is 0 Å². The molecule has 202 valence electrons. The summed E-state index contributed by atoms with van der Waals surface area (Å²) in [6, 6.07) is 13.2. The molecule has 0 radical (unpaired) electrons. The van der Waals surface area contributed by atoms with E-state index >= 15 is 0 Å². The molecule has 0 bridgehead atoms. The molecule has 12 heteroatoms. The van der Waals surface area contributed by atoms with Gasteiger partial charge in [-0.2, -0.15) is 10.4 Å². The van der Waals surface area contributed by atoms with E-state index in [1.807, 2.05) is 26.0 Å². The maximum Gasteiger partial charge on any atom is 0.273 e. The Balaban J connectivity index is 1.42. The molecule has 3 heterocycles. The van der Waals surface area contributed by atoms with E-state index in [2.05, 4.69) is 4.72 Å². The Morgan fingerprint density at radius 3 is 2.72 bits per heavy atom. The molecule has 2 aromatic carbocycles. The summed E-state index contributed by atoms with van der Waals surface area (Å²) in [6.45, 7) is 5.01. The summed E-state index contributed by atoms with van der Waals surface area (Å²) in [6.07, 6.45) is 1.59. The Kier molecular flexibility index (Phi) is 6.86. The Morgan fingerprint density at radius 2 is 2.00 bits per heavy atom. The molecule has 0 fully saturated rings. The van der Waals surface area contributed by atoms with E-state index in [0.29, 0.717) is 36.5 Å². The monoisotopic (exact) mass is 566 g/mol. The molecule has 0 aliphatic carbocycles. The number of carbonyl (C=O) groups excluding carboxylic acids is 2. The van der Waals surface area contributed by atoms with Crippen molar-refractivity contribution in [3.8, 4) is 6.07 Å². The van der Waals surface area contributed by atoms with Crippen molar-refractivity contribution in [1.82, 2.24) is 19.6 Å². The summed E-state index contributed by atoms with van der Waals surface area (Å²) in [4.78, 5) is 30.7. The van der Waals surface area contributed by atoms with Crippen LogP contribution in [0.5, 0.6) is 0 Å². The molecule has 2 atom stereocenters.